The third kappa shape index (κ3) is 2.70. The lowest BCUT2D eigenvalue weighted by Crippen LogP contribution is -2.43. The van der Waals surface area contributed by atoms with Crippen molar-refractivity contribution in [2.75, 3.05) is 13.1 Å². The number of nitrogens with zero attached hydrogens (tertiary/aromatic N) is 1. The Kier molecular flexibility index (Phi) is 3.37. The predicted octanol–water partition coefficient (Wildman–Crippen LogP) is 0.769. The number of carbonyl (C=O) groups is 2. The molecule has 0 bridgehead atoms. The largest absolute Gasteiger partial charge is 0.356 e. The lowest BCUT2D eigenvalue weighted by molar-refractivity contribution is -0.132. The van der Waals surface area contributed by atoms with Gasteiger partial charge in [-0.3, -0.25) is 9.59 Å². The van der Waals surface area contributed by atoms with E-state index in [2.05, 4.69) is 5.32 Å². The van der Waals surface area contributed by atoms with Gasteiger partial charge < -0.3 is 10.2 Å². The molecule has 1 atom stereocenters. The number of hydrogen-bond donors (Lipinski definition) is 1. The van der Waals surface area contributed by atoms with Gasteiger partial charge in [0.1, 0.15) is 0 Å². The smallest absolute Gasteiger partial charge is 0.225 e. The fourth-order valence-corrected chi connectivity index (χ4v) is 1.85. The molecule has 1 fully saturated rings. The van der Waals surface area contributed by atoms with Crippen LogP contribution in [0.25, 0.3) is 0 Å². The number of hydrogen-bond acceptors (Lipinski definition) is 2. The van der Waals surface area contributed by atoms with Crippen molar-refractivity contribution in [3.05, 3.63) is 0 Å². The molecule has 15 heavy (non-hydrogen) atoms. The molecular formula is C11H20N2O2. The maximum absolute atomic E-state index is 11.7. The van der Waals surface area contributed by atoms with Gasteiger partial charge in [-0.2, -0.15) is 0 Å². The average Bonchev–Trinajstić information content (AvgIpc) is 2.47. The van der Waals surface area contributed by atoms with Crippen LogP contribution in [0.3, 0.4) is 0 Å². The van der Waals surface area contributed by atoms with Crippen molar-refractivity contribution in [3.8, 4) is 0 Å². The molecule has 0 aromatic rings. The number of nitrogens with one attached hydrogen (secondary N) is 1. The number of amides is 2. The van der Waals surface area contributed by atoms with Crippen molar-refractivity contribution < 1.29 is 9.59 Å². The zero-order valence-electron chi connectivity index (χ0n) is 9.96. The summed E-state index contributed by atoms with van der Waals surface area (Å²) in [6.07, 6.45) is 0.350. The summed E-state index contributed by atoms with van der Waals surface area (Å²) in [6, 6.07) is 0. The van der Waals surface area contributed by atoms with Crippen molar-refractivity contribution in [1.29, 1.82) is 0 Å². The highest BCUT2D eigenvalue weighted by Gasteiger charge is 2.39. The van der Waals surface area contributed by atoms with E-state index in [1.807, 2.05) is 27.7 Å². The van der Waals surface area contributed by atoms with Crippen molar-refractivity contribution in [2.24, 2.45) is 5.92 Å². The zero-order valence-corrected chi connectivity index (χ0v) is 9.96. The molecule has 4 heteroatoms. The first-order valence-corrected chi connectivity index (χ1v) is 5.44. The molecule has 2 amide bonds. The highest BCUT2D eigenvalue weighted by atomic mass is 16.2. The van der Waals surface area contributed by atoms with Gasteiger partial charge in [-0.15, -0.1) is 0 Å². The fraction of sp³-hybridized carbons (Fsp3) is 0.818. The maximum Gasteiger partial charge on any atom is 0.225 e. The van der Waals surface area contributed by atoms with Crippen LogP contribution in [0, 0.1) is 5.92 Å². The van der Waals surface area contributed by atoms with E-state index >= 15 is 0 Å². The monoisotopic (exact) mass is 212 g/mol. The van der Waals surface area contributed by atoms with Gasteiger partial charge in [-0.05, 0) is 27.7 Å². The van der Waals surface area contributed by atoms with Gasteiger partial charge >= 0.3 is 0 Å². The molecule has 0 radical (unpaired) electrons. The Labute approximate surface area is 91.0 Å². The molecular weight excluding hydrogens is 192 g/mol. The van der Waals surface area contributed by atoms with Gasteiger partial charge in [0.15, 0.2) is 0 Å². The Hall–Kier alpha value is -1.06. The van der Waals surface area contributed by atoms with Gasteiger partial charge in [0.2, 0.25) is 11.8 Å². The van der Waals surface area contributed by atoms with E-state index in [0.29, 0.717) is 19.5 Å². The van der Waals surface area contributed by atoms with Crippen molar-refractivity contribution in [3.63, 3.8) is 0 Å². The first-order valence-electron chi connectivity index (χ1n) is 5.44. The zero-order chi connectivity index (χ0) is 11.6. The predicted molar refractivity (Wildman–Crippen MR) is 58.3 cm³/mol. The van der Waals surface area contributed by atoms with E-state index in [0.717, 1.165) is 0 Å². The Bertz CT molecular complexity index is 268. The molecule has 1 unspecified atom stereocenters. The third-order valence-electron chi connectivity index (χ3n) is 2.66. The van der Waals surface area contributed by atoms with Crippen LogP contribution in [0.15, 0.2) is 0 Å². The molecule has 1 aliphatic rings. The van der Waals surface area contributed by atoms with Crippen molar-refractivity contribution in [1.82, 2.24) is 10.2 Å². The first kappa shape index (κ1) is 12.0. The summed E-state index contributed by atoms with van der Waals surface area (Å²) in [6.45, 7) is 9.03. The van der Waals surface area contributed by atoms with Crippen LogP contribution in [0.2, 0.25) is 0 Å². The van der Waals surface area contributed by atoms with E-state index in [9.17, 15) is 9.59 Å². The van der Waals surface area contributed by atoms with E-state index in [-0.39, 0.29) is 23.3 Å². The number of carbonyl (C=O) groups excluding carboxylic acids is 2. The standard InChI is InChI=1S/C11H20N2O2/c1-5-12-10(15)8-6-9(14)13(7-8)11(2,3)4/h8H,5-7H2,1-4H3,(H,12,15). The van der Waals surface area contributed by atoms with Crippen LogP contribution in [-0.2, 0) is 9.59 Å². The second kappa shape index (κ2) is 4.21. The average molecular weight is 212 g/mol. The Morgan fingerprint density at radius 3 is 2.53 bits per heavy atom. The Balaban J connectivity index is 2.64. The fourth-order valence-electron chi connectivity index (χ4n) is 1.85. The molecule has 0 saturated carbocycles. The number of likely N-dealkylation sites (tertiary alicyclic amines) is 1. The second-order valence-corrected chi connectivity index (χ2v) is 4.97. The summed E-state index contributed by atoms with van der Waals surface area (Å²) in [5.41, 5.74) is -0.182. The van der Waals surface area contributed by atoms with Crippen LogP contribution in [0.5, 0.6) is 0 Å². The van der Waals surface area contributed by atoms with E-state index in [4.69, 9.17) is 0 Å². The highest BCUT2D eigenvalue weighted by molar-refractivity contribution is 5.89. The molecule has 1 heterocycles. The van der Waals surface area contributed by atoms with E-state index < -0.39 is 0 Å². The maximum atomic E-state index is 11.7. The molecule has 86 valence electrons. The quantitative estimate of drug-likeness (QED) is 0.735. The minimum Gasteiger partial charge on any atom is -0.356 e. The molecule has 0 aromatic carbocycles. The Morgan fingerprint density at radius 2 is 2.13 bits per heavy atom. The van der Waals surface area contributed by atoms with E-state index in [1.165, 1.54) is 0 Å². The van der Waals surface area contributed by atoms with Crippen LogP contribution in [0.4, 0.5) is 0 Å². The van der Waals surface area contributed by atoms with Crippen LogP contribution in [0.1, 0.15) is 34.1 Å². The Morgan fingerprint density at radius 1 is 1.53 bits per heavy atom. The summed E-state index contributed by atoms with van der Waals surface area (Å²) < 4.78 is 0. The molecule has 1 N–H and O–H groups in total. The summed E-state index contributed by atoms with van der Waals surface area (Å²) in [4.78, 5) is 25.0. The lowest BCUT2D eigenvalue weighted by atomic mass is 10.1. The SMILES string of the molecule is CCNC(=O)C1CC(=O)N(C(C)(C)C)C1. The van der Waals surface area contributed by atoms with Gasteiger partial charge in [-0.1, -0.05) is 0 Å². The minimum absolute atomic E-state index is 0.00222. The summed E-state index contributed by atoms with van der Waals surface area (Å²) in [5.74, 6) is -0.0898. The molecule has 1 rings (SSSR count). The topological polar surface area (TPSA) is 49.4 Å². The van der Waals surface area contributed by atoms with Gasteiger partial charge in [0, 0.05) is 25.0 Å². The minimum atomic E-state index is -0.182. The van der Waals surface area contributed by atoms with Crippen LogP contribution in [-0.4, -0.2) is 35.3 Å². The molecule has 4 nitrogen and oxygen atoms in total. The van der Waals surface area contributed by atoms with Gasteiger partial charge in [0.05, 0.1) is 5.92 Å². The molecule has 1 aliphatic heterocycles. The van der Waals surface area contributed by atoms with Gasteiger partial charge in [0.25, 0.3) is 0 Å². The highest BCUT2D eigenvalue weighted by Crippen LogP contribution is 2.25. The van der Waals surface area contributed by atoms with Gasteiger partial charge in [-0.25, -0.2) is 0 Å². The second-order valence-electron chi connectivity index (χ2n) is 4.97. The molecule has 0 aromatic heterocycles. The lowest BCUT2D eigenvalue weighted by Gasteiger charge is -2.31. The summed E-state index contributed by atoms with van der Waals surface area (Å²) in [7, 11) is 0. The summed E-state index contributed by atoms with van der Waals surface area (Å²) >= 11 is 0. The third-order valence-corrected chi connectivity index (χ3v) is 2.66. The van der Waals surface area contributed by atoms with Crippen LogP contribution < -0.4 is 5.32 Å². The molecule has 0 aliphatic carbocycles. The van der Waals surface area contributed by atoms with Crippen molar-refractivity contribution in [2.45, 2.75) is 39.7 Å². The summed E-state index contributed by atoms with van der Waals surface area (Å²) in [5, 5.41) is 2.76. The molecule has 0 spiro atoms. The normalized spacial score (nSPS) is 22.0. The first-order chi connectivity index (χ1) is 6.86. The van der Waals surface area contributed by atoms with Crippen LogP contribution >= 0.6 is 0 Å². The van der Waals surface area contributed by atoms with E-state index in [1.54, 1.807) is 4.90 Å². The van der Waals surface area contributed by atoms with Crippen molar-refractivity contribution >= 4 is 11.8 Å². The molecule has 1 saturated heterocycles. The number of rotatable bonds is 2.